The van der Waals surface area contributed by atoms with Gasteiger partial charge in [-0.1, -0.05) is 18.2 Å². The van der Waals surface area contributed by atoms with E-state index in [2.05, 4.69) is 32.3 Å². The maximum Gasteiger partial charge on any atom is 0.126 e. The first kappa shape index (κ1) is 14.5. The van der Waals surface area contributed by atoms with Crippen molar-refractivity contribution in [3.05, 3.63) is 35.6 Å². The Kier molecular flexibility index (Phi) is 5.47. The fraction of sp³-hybridized carbons (Fsp3) is 0.571. The third-order valence-corrected chi connectivity index (χ3v) is 4.16. The van der Waals surface area contributed by atoms with E-state index in [1.54, 1.807) is 6.07 Å². The Morgan fingerprint density at radius 3 is 2.59 bits per heavy atom. The molecule has 1 rings (SSSR count). The van der Waals surface area contributed by atoms with Crippen LogP contribution < -0.4 is 5.32 Å². The average molecular weight is 255 g/mol. The zero-order valence-corrected chi connectivity index (χ0v) is 11.9. The lowest BCUT2D eigenvalue weighted by Gasteiger charge is -2.25. The summed E-state index contributed by atoms with van der Waals surface area (Å²) >= 11 is 1.84. The lowest BCUT2D eigenvalue weighted by Crippen LogP contribution is -2.38. The lowest BCUT2D eigenvalue weighted by molar-refractivity contribution is 0.495. The summed E-state index contributed by atoms with van der Waals surface area (Å²) in [5, 5.41) is 3.46. The Balaban J connectivity index is 2.45. The van der Waals surface area contributed by atoms with Gasteiger partial charge in [0, 0.05) is 17.3 Å². The van der Waals surface area contributed by atoms with Gasteiger partial charge in [-0.3, -0.25) is 0 Å². The predicted octanol–water partition coefficient (Wildman–Crippen LogP) is 3.49. The van der Waals surface area contributed by atoms with Gasteiger partial charge in [-0.05, 0) is 45.1 Å². The molecule has 0 amide bonds. The van der Waals surface area contributed by atoms with E-state index in [0.29, 0.717) is 6.04 Å². The Labute approximate surface area is 108 Å². The largest absolute Gasteiger partial charge is 0.313 e. The van der Waals surface area contributed by atoms with Gasteiger partial charge in [-0.25, -0.2) is 4.39 Å². The minimum atomic E-state index is -0.106. The van der Waals surface area contributed by atoms with Gasteiger partial charge in [0.15, 0.2) is 0 Å². The third-order valence-electron chi connectivity index (χ3n) is 2.91. The SMILES string of the molecule is CSC(C)(C)CNC(C)Cc1ccccc1F. The normalized spacial score (nSPS) is 13.7. The predicted molar refractivity (Wildman–Crippen MR) is 75.2 cm³/mol. The molecule has 96 valence electrons. The molecule has 0 aliphatic heterocycles. The second-order valence-corrected chi connectivity index (χ2v) is 6.55. The van der Waals surface area contributed by atoms with Crippen LogP contribution in [0.3, 0.4) is 0 Å². The molecule has 1 aromatic rings. The molecular formula is C14H22FNS. The molecular weight excluding hydrogens is 233 g/mol. The van der Waals surface area contributed by atoms with Crippen molar-refractivity contribution >= 4 is 11.8 Å². The van der Waals surface area contributed by atoms with Crippen molar-refractivity contribution < 1.29 is 4.39 Å². The smallest absolute Gasteiger partial charge is 0.126 e. The number of rotatable bonds is 6. The van der Waals surface area contributed by atoms with E-state index in [1.807, 2.05) is 23.9 Å². The van der Waals surface area contributed by atoms with Crippen LogP contribution in [0.25, 0.3) is 0 Å². The van der Waals surface area contributed by atoms with Crippen LogP contribution in [-0.2, 0) is 6.42 Å². The average Bonchev–Trinajstić information content (AvgIpc) is 2.30. The van der Waals surface area contributed by atoms with Crippen molar-refractivity contribution in [2.24, 2.45) is 0 Å². The van der Waals surface area contributed by atoms with Crippen molar-refractivity contribution in [3.63, 3.8) is 0 Å². The second kappa shape index (κ2) is 6.41. The van der Waals surface area contributed by atoms with Crippen LogP contribution in [0.4, 0.5) is 4.39 Å². The molecule has 17 heavy (non-hydrogen) atoms. The van der Waals surface area contributed by atoms with Crippen molar-refractivity contribution in [1.82, 2.24) is 5.32 Å². The molecule has 0 aromatic heterocycles. The molecule has 0 radical (unpaired) electrons. The Morgan fingerprint density at radius 2 is 2.00 bits per heavy atom. The van der Waals surface area contributed by atoms with Crippen LogP contribution in [0.5, 0.6) is 0 Å². The zero-order chi connectivity index (χ0) is 12.9. The summed E-state index contributed by atoms with van der Waals surface area (Å²) in [7, 11) is 0. The first-order valence-electron chi connectivity index (χ1n) is 5.96. The van der Waals surface area contributed by atoms with Gasteiger partial charge in [0.1, 0.15) is 5.82 Å². The minimum Gasteiger partial charge on any atom is -0.313 e. The second-order valence-electron chi connectivity index (χ2n) is 5.04. The van der Waals surface area contributed by atoms with Crippen LogP contribution >= 0.6 is 11.8 Å². The molecule has 1 aromatic carbocycles. The summed E-state index contributed by atoms with van der Waals surface area (Å²) in [5.41, 5.74) is 0.787. The summed E-state index contributed by atoms with van der Waals surface area (Å²) in [5.74, 6) is -0.106. The standard InChI is InChI=1S/C14H22FNS/c1-11(16-10-14(2,3)17-4)9-12-7-5-6-8-13(12)15/h5-8,11,16H,9-10H2,1-4H3. The van der Waals surface area contributed by atoms with Crippen LogP contribution in [0.1, 0.15) is 26.3 Å². The molecule has 1 unspecified atom stereocenters. The van der Waals surface area contributed by atoms with E-state index in [4.69, 9.17) is 0 Å². The first-order valence-corrected chi connectivity index (χ1v) is 7.19. The van der Waals surface area contributed by atoms with Gasteiger partial charge in [0.25, 0.3) is 0 Å². The van der Waals surface area contributed by atoms with Crippen LogP contribution in [-0.4, -0.2) is 23.6 Å². The van der Waals surface area contributed by atoms with Gasteiger partial charge in [0.05, 0.1) is 0 Å². The number of halogens is 1. The first-order chi connectivity index (χ1) is 7.94. The molecule has 0 heterocycles. The lowest BCUT2D eigenvalue weighted by atomic mass is 10.1. The molecule has 3 heteroatoms. The molecule has 0 bridgehead atoms. The highest BCUT2D eigenvalue weighted by molar-refractivity contribution is 7.99. The van der Waals surface area contributed by atoms with Gasteiger partial charge < -0.3 is 5.32 Å². The van der Waals surface area contributed by atoms with E-state index >= 15 is 0 Å². The monoisotopic (exact) mass is 255 g/mol. The van der Waals surface area contributed by atoms with Crippen molar-refractivity contribution in [2.75, 3.05) is 12.8 Å². The topological polar surface area (TPSA) is 12.0 Å². The maximum absolute atomic E-state index is 13.5. The molecule has 0 aliphatic carbocycles. The van der Waals surface area contributed by atoms with Crippen LogP contribution in [0.2, 0.25) is 0 Å². The molecule has 0 saturated heterocycles. The highest BCUT2D eigenvalue weighted by Gasteiger charge is 2.17. The van der Waals surface area contributed by atoms with Crippen molar-refractivity contribution in [2.45, 2.75) is 38.0 Å². The number of thioether (sulfide) groups is 1. The van der Waals surface area contributed by atoms with Crippen molar-refractivity contribution in [3.8, 4) is 0 Å². The molecule has 0 saturated carbocycles. The van der Waals surface area contributed by atoms with E-state index in [0.717, 1.165) is 18.5 Å². The van der Waals surface area contributed by atoms with Crippen LogP contribution in [0.15, 0.2) is 24.3 Å². The summed E-state index contributed by atoms with van der Waals surface area (Å²) in [6.45, 7) is 7.45. The Hall–Kier alpha value is -0.540. The quantitative estimate of drug-likeness (QED) is 0.835. The number of hydrogen-bond acceptors (Lipinski definition) is 2. The van der Waals surface area contributed by atoms with Crippen LogP contribution in [0, 0.1) is 5.82 Å². The van der Waals surface area contributed by atoms with Gasteiger partial charge in [-0.2, -0.15) is 11.8 Å². The molecule has 0 spiro atoms. The van der Waals surface area contributed by atoms with E-state index < -0.39 is 0 Å². The van der Waals surface area contributed by atoms with Gasteiger partial charge in [0.2, 0.25) is 0 Å². The molecule has 1 N–H and O–H groups in total. The summed E-state index contributed by atoms with van der Waals surface area (Å²) < 4.78 is 13.7. The van der Waals surface area contributed by atoms with Gasteiger partial charge >= 0.3 is 0 Å². The number of nitrogens with one attached hydrogen (secondary N) is 1. The summed E-state index contributed by atoms with van der Waals surface area (Å²) in [4.78, 5) is 0. The number of benzene rings is 1. The minimum absolute atomic E-state index is 0.106. The molecule has 1 nitrogen and oxygen atoms in total. The third kappa shape index (κ3) is 5.09. The Morgan fingerprint density at radius 1 is 1.35 bits per heavy atom. The van der Waals surface area contributed by atoms with Gasteiger partial charge in [-0.15, -0.1) is 0 Å². The van der Waals surface area contributed by atoms with Crippen molar-refractivity contribution in [1.29, 1.82) is 0 Å². The molecule has 0 fully saturated rings. The fourth-order valence-electron chi connectivity index (χ4n) is 1.56. The fourth-order valence-corrected chi connectivity index (χ4v) is 1.79. The maximum atomic E-state index is 13.5. The zero-order valence-electron chi connectivity index (χ0n) is 11.1. The Bertz CT molecular complexity index is 352. The van der Waals surface area contributed by atoms with E-state index in [1.165, 1.54) is 6.07 Å². The summed E-state index contributed by atoms with van der Waals surface area (Å²) in [6.07, 6.45) is 2.85. The highest BCUT2D eigenvalue weighted by atomic mass is 32.2. The number of hydrogen-bond donors (Lipinski definition) is 1. The van der Waals surface area contributed by atoms with E-state index in [9.17, 15) is 4.39 Å². The molecule has 0 aliphatic rings. The van der Waals surface area contributed by atoms with E-state index in [-0.39, 0.29) is 10.6 Å². The highest BCUT2D eigenvalue weighted by Crippen LogP contribution is 2.20. The molecule has 1 atom stereocenters. The summed E-state index contributed by atoms with van der Waals surface area (Å²) in [6, 6.07) is 7.28.